The second-order valence-corrected chi connectivity index (χ2v) is 5.56. The lowest BCUT2D eigenvalue weighted by Gasteiger charge is -2.27. The van der Waals surface area contributed by atoms with Gasteiger partial charge in [0.1, 0.15) is 5.60 Å². The predicted octanol–water partition coefficient (Wildman–Crippen LogP) is 0.0322. The first kappa shape index (κ1) is 13.8. The largest absolute Gasteiger partial charge is 0.385 e. The van der Waals surface area contributed by atoms with Crippen molar-refractivity contribution in [3.05, 3.63) is 0 Å². The summed E-state index contributed by atoms with van der Waals surface area (Å²) in [5.41, 5.74) is -0.888. The number of hydrogen-bond donors (Lipinski definition) is 3. The number of hydrogen-bond acceptors (Lipinski definition) is 4. The normalized spacial score (nSPS) is 36.6. The van der Waals surface area contributed by atoms with E-state index in [-0.39, 0.29) is 12.0 Å². The number of carbonyl (C=O) groups is 1. The Balaban J connectivity index is 1.71. The van der Waals surface area contributed by atoms with Gasteiger partial charge < -0.3 is 20.5 Å². The Labute approximate surface area is 108 Å². The number of amides is 1. The van der Waals surface area contributed by atoms with Crippen molar-refractivity contribution in [3.8, 4) is 0 Å². The van der Waals surface area contributed by atoms with Gasteiger partial charge in [-0.2, -0.15) is 0 Å². The van der Waals surface area contributed by atoms with Crippen LogP contribution >= 0.6 is 0 Å². The van der Waals surface area contributed by atoms with E-state index >= 15 is 0 Å². The topological polar surface area (TPSA) is 70.6 Å². The van der Waals surface area contributed by atoms with Crippen LogP contribution in [0.25, 0.3) is 0 Å². The summed E-state index contributed by atoms with van der Waals surface area (Å²) in [5.74, 6) is 0.474. The Morgan fingerprint density at radius 1 is 1.61 bits per heavy atom. The van der Waals surface area contributed by atoms with Gasteiger partial charge in [0.15, 0.2) is 0 Å². The van der Waals surface area contributed by atoms with Crippen molar-refractivity contribution in [2.45, 2.75) is 44.3 Å². The summed E-state index contributed by atoms with van der Waals surface area (Å²) >= 11 is 0. The zero-order valence-electron chi connectivity index (χ0n) is 11.1. The molecule has 5 nitrogen and oxygen atoms in total. The molecule has 0 saturated carbocycles. The maximum Gasteiger partial charge on any atom is 0.220 e. The molecule has 3 N–H and O–H groups in total. The second-order valence-electron chi connectivity index (χ2n) is 5.56. The molecule has 0 bridgehead atoms. The smallest absolute Gasteiger partial charge is 0.220 e. The van der Waals surface area contributed by atoms with E-state index in [9.17, 15) is 9.90 Å². The standard InChI is InChI=1S/C13H24N2O3/c1-10-13(17,4-6-18-10)9-15-12(16)7-11-3-2-5-14-8-11/h10-11,14,17H,2-9H2,1H3,(H,15,16). The van der Waals surface area contributed by atoms with Crippen LogP contribution in [0.3, 0.4) is 0 Å². The number of ether oxygens (including phenoxy) is 1. The third-order valence-corrected chi connectivity index (χ3v) is 4.12. The zero-order chi connectivity index (χ0) is 13.0. The lowest BCUT2D eigenvalue weighted by atomic mass is 9.94. The molecule has 2 heterocycles. The van der Waals surface area contributed by atoms with Crippen molar-refractivity contribution in [1.82, 2.24) is 10.6 Å². The van der Waals surface area contributed by atoms with E-state index in [1.807, 2.05) is 6.92 Å². The van der Waals surface area contributed by atoms with Crippen LogP contribution in [0.2, 0.25) is 0 Å². The summed E-state index contributed by atoms with van der Waals surface area (Å²) in [6, 6.07) is 0. The minimum Gasteiger partial charge on any atom is -0.385 e. The third kappa shape index (κ3) is 3.43. The monoisotopic (exact) mass is 256 g/mol. The van der Waals surface area contributed by atoms with Crippen molar-refractivity contribution >= 4 is 5.91 Å². The van der Waals surface area contributed by atoms with Gasteiger partial charge in [-0.3, -0.25) is 4.79 Å². The molecule has 0 aromatic carbocycles. The first-order chi connectivity index (χ1) is 8.60. The van der Waals surface area contributed by atoms with Gasteiger partial charge in [-0.1, -0.05) is 0 Å². The fraction of sp³-hybridized carbons (Fsp3) is 0.923. The molecule has 2 aliphatic heterocycles. The molecular weight excluding hydrogens is 232 g/mol. The number of rotatable bonds is 4. The molecule has 18 heavy (non-hydrogen) atoms. The lowest BCUT2D eigenvalue weighted by molar-refractivity contribution is -0.124. The molecule has 0 spiro atoms. The Bertz CT molecular complexity index is 292. The van der Waals surface area contributed by atoms with E-state index in [4.69, 9.17) is 4.74 Å². The minimum atomic E-state index is -0.888. The number of aliphatic hydroxyl groups is 1. The summed E-state index contributed by atoms with van der Waals surface area (Å²) in [4.78, 5) is 11.8. The predicted molar refractivity (Wildman–Crippen MR) is 68.2 cm³/mol. The quantitative estimate of drug-likeness (QED) is 0.664. The SMILES string of the molecule is CC1OCCC1(O)CNC(=O)CC1CCCNC1. The fourth-order valence-electron chi connectivity index (χ4n) is 2.69. The molecule has 3 unspecified atom stereocenters. The van der Waals surface area contributed by atoms with E-state index in [0.29, 0.717) is 31.9 Å². The number of piperidine rings is 1. The highest BCUT2D eigenvalue weighted by atomic mass is 16.5. The van der Waals surface area contributed by atoms with Crippen LogP contribution < -0.4 is 10.6 Å². The van der Waals surface area contributed by atoms with Crippen molar-refractivity contribution in [1.29, 1.82) is 0 Å². The molecule has 2 fully saturated rings. The van der Waals surface area contributed by atoms with Crippen molar-refractivity contribution in [3.63, 3.8) is 0 Å². The van der Waals surface area contributed by atoms with E-state index in [0.717, 1.165) is 25.9 Å². The average molecular weight is 256 g/mol. The van der Waals surface area contributed by atoms with Gasteiger partial charge in [-0.15, -0.1) is 0 Å². The summed E-state index contributed by atoms with van der Waals surface area (Å²) in [7, 11) is 0. The molecule has 3 atom stereocenters. The molecule has 0 radical (unpaired) electrons. The van der Waals surface area contributed by atoms with Crippen molar-refractivity contribution in [2.75, 3.05) is 26.2 Å². The van der Waals surface area contributed by atoms with Crippen LogP contribution in [0.4, 0.5) is 0 Å². The molecule has 0 aromatic heterocycles. The molecule has 104 valence electrons. The number of carbonyl (C=O) groups excluding carboxylic acids is 1. The lowest BCUT2D eigenvalue weighted by Crippen LogP contribution is -2.48. The Kier molecular flexibility index (Phi) is 4.59. The van der Waals surface area contributed by atoms with Gasteiger partial charge in [0.25, 0.3) is 0 Å². The summed E-state index contributed by atoms with van der Waals surface area (Å²) < 4.78 is 5.34. The molecule has 1 amide bonds. The van der Waals surface area contributed by atoms with Crippen LogP contribution in [0.1, 0.15) is 32.6 Å². The van der Waals surface area contributed by atoms with Crippen LogP contribution in [0.15, 0.2) is 0 Å². The maximum atomic E-state index is 11.8. The van der Waals surface area contributed by atoms with Crippen LogP contribution in [-0.2, 0) is 9.53 Å². The van der Waals surface area contributed by atoms with E-state index < -0.39 is 5.60 Å². The first-order valence-electron chi connectivity index (χ1n) is 6.91. The molecule has 2 rings (SSSR count). The van der Waals surface area contributed by atoms with Gasteiger partial charge in [-0.05, 0) is 38.8 Å². The Morgan fingerprint density at radius 3 is 3.06 bits per heavy atom. The zero-order valence-corrected chi connectivity index (χ0v) is 11.1. The van der Waals surface area contributed by atoms with Crippen LogP contribution in [0, 0.1) is 5.92 Å². The van der Waals surface area contributed by atoms with Gasteiger partial charge in [0, 0.05) is 26.0 Å². The molecule has 2 aliphatic rings. The summed E-state index contributed by atoms with van der Waals surface area (Å²) in [6.07, 6.45) is 3.21. The highest BCUT2D eigenvalue weighted by Gasteiger charge is 2.39. The van der Waals surface area contributed by atoms with Crippen molar-refractivity contribution < 1.29 is 14.6 Å². The molecule has 0 aliphatic carbocycles. The molecule has 5 heteroatoms. The average Bonchev–Trinajstić information content (AvgIpc) is 2.69. The van der Waals surface area contributed by atoms with Gasteiger partial charge >= 0.3 is 0 Å². The van der Waals surface area contributed by atoms with Crippen LogP contribution in [-0.4, -0.2) is 49.0 Å². The fourth-order valence-corrected chi connectivity index (χ4v) is 2.69. The highest BCUT2D eigenvalue weighted by molar-refractivity contribution is 5.76. The Morgan fingerprint density at radius 2 is 2.44 bits per heavy atom. The molecule has 0 aromatic rings. The van der Waals surface area contributed by atoms with Gasteiger partial charge in [-0.25, -0.2) is 0 Å². The molecular formula is C13H24N2O3. The molecule has 2 saturated heterocycles. The van der Waals surface area contributed by atoms with E-state index in [2.05, 4.69) is 10.6 Å². The maximum absolute atomic E-state index is 11.8. The van der Waals surface area contributed by atoms with Crippen LogP contribution in [0.5, 0.6) is 0 Å². The second kappa shape index (κ2) is 5.99. The van der Waals surface area contributed by atoms with E-state index in [1.165, 1.54) is 0 Å². The first-order valence-corrected chi connectivity index (χ1v) is 6.91. The highest BCUT2D eigenvalue weighted by Crippen LogP contribution is 2.24. The third-order valence-electron chi connectivity index (χ3n) is 4.12. The van der Waals surface area contributed by atoms with Gasteiger partial charge in [0.2, 0.25) is 5.91 Å². The summed E-state index contributed by atoms with van der Waals surface area (Å²) in [5, 5.41) is 16.4. The van der Waals surface area contributed by atoms with E-state index in [1.54, 1.807) is 0 Å². The Hall–Kier alpha value is -0.650. The van der Waals surface area contributed by atoms with Gasteiger partial charge in [0.05, 0.1) is 6.10 Å². The number of nitrogens with one attached hydrogen (secondary N) is 2. The van der Waals surface area contributed by atoms with Crippen molar-refractivity contribution in [2.24, 2.45) is 5.92 Å². The minimum absolute atomic E-state index is 0.0382. The summed E-state index contributed by atoms with van der Waals surface area (Å²) in [6.45, 7) is 4.71.